The normalized spacial score (nSPS) is 19.4. The van der Waals surface area contributed by atoms with Crippen LogP contribution in [0.4, 0.5) is 5.13 Å². The summed E-state index contributed by atoms with van der Waals surface area (Å²) in [4.78, 5) is 39.6. The molecule has 0 bridgehead atoms. The second-order valence-electron chi connectivity index (χ2n) is 6.62. The number of aromatic nitrogens is 1. The number of hydrogen-bond acceptors (Lipinski definition) is 6. The lowest BCUT2D eigenvalue weighted by Crippen LogP contribution is -2.39. The van der Waals surface area contributed by atoms with Crippen molar-refractivity contribution in [2.24, 2.45) is 5.92 Å². The fourth-order valence-electron chi connectivity index (χ4n) is 3.16. The fraction of sp³-hybridized carbons (Fsp3) is 0.444. The molecule has 3 rings (SSSR count). The monoisotopic (exact) mass is 391 g/mol. The van der Waals surface area contributed by atoms with Gasteiger partial charge in [0.1, 0.15) is 5.76 Å². The van der Waals surface area contributed by atoms with Crippen LogP contribution in [0.5, 0.6) is 0 Å². The van der Waals surface area contributed by atoms with E-state index >= 15 is 0 Å². The number of furan rings is 1. The standard InChI is InChI=1S/C18H21N3O5S/c1-10-14(6-7-26-10)16(23)21-18-20-13(9-27-18)8-15(22)19-12-4-2-11(3-5-12)17(24)25/h6-7,9,11-12H,2-5,8H2,1H3,(H,19,22)(H,24,25)(H,20,21,23). The Morgan fingerprint density at radius 1 is 1.30 bits per heavy atom. The number of carboxylic acids is 1. The van der Waals surface area contributed by atoms with Crippen LogP contribution in [-0.4, -0.2) is 33.9 Å². The van der Waals surface area contributed by atoms with Crippen molar-refractivity contribution in [3.8, 4) is 0 Å². The zero-order valence-corrected chi connectivity index (χ0v) is 15.7. The first-order chi connectivity index (χ1) is 12.9. The SMILES string of the molecule is Cc1occc1C(=O)Nc1nc(CC(=O)NC2CCC(C(=O)O)CC2)cs1. The van der Waals surface area contributed by atoms with Gasteiger partial charge in [-0.05, 0) is 38.7 Å². The van der Waals surface area contributed by atoms with Crippen molar-refractivity contribution in [2.75, 3.05) is 5.32 Å². The summed E-state index contributed by atoms with van der Waals surface area (Å²) in [6.45, 7) is 1.70. The molecule has 2 heterocycles. The van der Waals surface area contributed by atoms with Crippen LogP contribution in [0.3, 0.4) is 0 Å². The third kappa shape index (κ3) is 4.94. The minimum Gasteiger partial charge on any atom is -0.481 e. The lowest BCUT2D eigenvalue weighted by molar-refractivity contribution is -0.142. The molecule has 0 aliphatic heterocycles. The van der Waals surface area contributed by atoms with Crippen molar-refractivity contribution in [2.45, 2.75) is 45.1 Å². The first-order valence-corrected chi connectivity index (χ1v) is 9.62. The van der Waals surface area contributed by atoms with Gasteiger partial charge in [-0.15, -0.1) is 11.3 Å². The molecular weight excluding hydrogens is 370 g/mol. The quantitative estimate of drug-likeness (QED) is 0.696. The highest BCUT2D eigenvalue weighted by Gasteiger charge is 2.26. The maximum atomic E-state index is 12.2. The number of hydrogen-bond donors (Lipinski definition) is 3. The van der Waals surface area contributed by atoms with Crippen molar-refractivity contribution in [3.05, 3.63) is 34.7 Å². The Morgan fingerprint density at radius 3 is 2.67 bits per heavy atom. The van der Waals surface area contributed by atoms with Crippen LogP contribution in [0.2, 0.25) is 0 Å². The van der Waals surface area contributed by atoms with E-state index in [1.165, 1.54) is 17.6 Å². The summed E-state index contributed by atoms with van der Waals surface area (Å²) in [7, 11) is 0. The fourth-order valence-corrected chi connectivity index (χ4v) is 3.86. The summed E-state index contributed by atoms with van der Waals surface area (Å²) in [6.07, 6.45) is 4.08. The number of carboxylic acid groups (broad SMARTS) is 1. The van der Waals surface area contributed by atoms with Crippen molar-refractivity contribution >= 4 is 34.3 Å². The molecule has 0 aromatic carbocycles. The van der Waals surface area contributed by atoms with Crippen LogP contribution in [0, 0.1) is 12.8 Å². The number of nitrogens with one attached hydrogen (secondary N) is 2. The van der Waals surface area contributed by atoms with Crippen LogP contribution in [-0.2, 0) is 16.0 Å². The zero-order chi connectivity index (χ0) is 19.4. The van der Waals surface area contributed by atoms with E-state index in [0.717, 1.165) is 0 Å². The molecule has 2 aromatic heterocycles. The number of carbonyl (C=O) groups is 3. The van der Waals surface area contributed by atoms with Crippen LogP contribution in [0.25, 0.3) is 0 Å². The summed E-state index contributed by atoms with van der Waals surface area (Å²) < 4.78 is 5.11. The lowest BCUT2D eigenvalue weighted by Gasteiger charge is -2.26. The van der Waals surface area contributed by atoms with Gasteiger partial charge < -0.3 is 14.8 Å². The second-order valence-corrected chi connectivity index (χ2v) is 7.48. The molecule has 1 fully saturated rings. The Labute approximate surface area is 160 Å². The molecule has 0 saturated heterocycles. The summed E-state index contributed by atoms with van der Waals surface area (Å²) in [6, 6.07) is 1.60. The molecule has 0 atom stereocenters. The second kappa shape index (κ2) is 8.34. The first-order valence-electron chi connectivity index (χ1n) is 8.74. The van der Waals surface area contributed by atoms with Crippen molar-refractivity contribution in [1.82, 2.24) is 10.3 Å². The third-order valence-corrected chi connectivity index (χ3v) is 5.47. The van der Waals surface area contributed by atoms with Gasteiger partial charge in [0.05, 0.1) is 29.9 Å². The maximum Gasteiger partial charge on any atom is 0.306 e. The maximum absolute atomic E-state index is 12.2. The van der Waals surface area contributed by atoms with Gasteiger partial charge >= 0.3 is 5.97 Å². The number of nitrogens with zero attached hydrogens (tertiary/aromatic N) is 1. The Bertz CT molecular complexity index is 836. The van der Waals surface area contributed by atoms with Gasteiger partial charge in [-0.2, -0.15) is 0 Å². The van der Waals surface area contributed by atoms with Crippen LogP contribution < -0.4 is 10.6 Å². The van der Waals surface area contributed by atoms with Gasteiger partial charge in [-0.1, -0.05) is 0 Å². The number of aliphatic carboxylic acids is 1. The van der Waals surface area contributed by atoms with Gasteiger partial charge in [0.15, 0.2) is 5.13 Å². The number of thiazole rings is 1. The smallest absolute Gasteiger partial charge is 0.306 e. The minimum atomic E-state index is -0.762. The molecule has 1 saturated carbocycles. The van der Waals surface area contributed by atoms with E-state index < -0.39 is 5.97 Å². The Kier molecular flexibility index (Phi) is 5.90. The van der Waals surface area contributed by atoms with E-state index in [1.807, 2.05) is 0 Å². The Morgan fingerprint density at radius 2 is 2.04 bits per heavy atom. The van der Waals surface area contributed by atoms with E-state index in [1.54, 1.807) is 18.4 Å². The number of amides is 2. The molecule has 0 spiro atoms. The van der Waals surface area contributed by atoms with Crippen molar-refractivity contribution in [3.63, 3.8) is 0 Å². The molecule has 1 aliphatic rings. The van der Waals surface area contributed by atoms with Gasteiger partial charge in [0.25, 0.3) is 5.91 Å². The van der Waals surface area contributed by atoms with Crippen LogP contribution >= 0.6 is 11.3 Å². The average molecular weight is 391 g/mol. The van der Waals surface area contributed by atoms with E-state index in [0.29, 0.717) is 47.8 Å². The molecule has 3 N–H and O–H groups in total. The third-order valence-electron chi connectivity index (χ3n) is 4.66. The Hall–Kier alpha value is -2.68. The highest BCUT2D eigenvalue weighted by Crippen LogP contribution is 2.24. The molecular formula is C18H21N3O5S. The highest BCUT2D eigenvalue weighted by molar-refractivity contribution is 7.14. The largest absolute Gasteiger partial charge is 0.481 e. The van der Waals surface area contributed by atoms with Crippen molar-refractivity contribution in [1.29, 1.82) is 0 Å². The molecule has 1 aliphatic carbocycles. The summed E-state index contributed by atoms with van der Waals surface area (Å²) >= 11 is 1.25. The molecule has 27 heavy (non-hydrogen) atoms. The first kappa shape index (κ1) is 19.1. The van der Waals surface area contributed by atoms with Gasteiger partial charge in [0, 0.05) is 11.4 Å². The molecule has 0 unspecified atom stereocenters. The number of carbonyl (C=O) groups excluding carboxylic acids is 2. The van der Waals surface area contributed by atoms with Gasteiger partial charge in [-0.3, -0.25) is 19.7 Å². The lowest BCUT2D eigenvalue weighted by atomic mass is 9.86. The molecule has 9 heteroatoms. The number of aryl methyl sites for hydroxylation is 1. The number of rotatable bonds is 6. The molecule has 144 valence electrons. The number of anilines is 1. The van der Waals surface area contributed by atoms with Gasteiger partial charge in [-0.25, -0.2) is 4.98 Å². The van der Waals surface area contributed by atoms with Crippen LogP contribution in [0.15, 0.2) is 22.1 Å². The molecule has 2 aromatic rings. The predicted molar refractivity (Wildman–Crippen MR) is 98.7 cm³/mol. The van der Waals surface area contributed by atoms with Crippen molar-refractivity contribution < 1.29 is 23.9 Å². The molecule has 8 nitrogen and oxygen atoms in total. The molecule has 0 radical (unpaired) electrons. The topological polar surface area (TPSA) is 122 Å². The Balaban J connectivity index is 1.47. The van der Waals surface area contributed by atoms with Gasteiger partial charge in [0.2, 0.25) is 5.91 Å². The van der Waals surface area contributed by atoms with Crippen LogP contribution in [0.1, 0.15) is 47.5 Å². The molecule has 2 amide bonds. The summed E-state index contributed by atoms with van der Waals surface area (Å²) in [5.41, 5.74) is 1.03. The summed E-state index contributed by atoms with van der Waals surface area (Å²) in [5, 5.41) is 16.8. The summed E-state index contributed by atoms with van der Waals surface area (Å²) in [5.74, 6) is -0.991. The highest BCUT2D eigenvalue weighted by atomic mass is 32.1. The van der Waals surface area contributed by atoms with E-state index in [-0.39, 0.29) is 30.2 Å². The van der Waals surface area contributed by atoms with E-state index in [2.05, 4.69) is 15.6 Å². The average Bonchev–Trinajstić information content (AvgIpc) is 3.24. The van der Waals surface area contributed by atoms with E-state index in [9.17, 15) is 14.4 Å². The van der Waals surface area contributed by atoms with E-state index in [4.69, 9.17) is 9.52 Å². The zero-order valence-electron chi connectivity index (χ0n) is 14.9. The predicted octanol–water partition coefficient (Wildman–Crippen LogP) is 2.60. The minimum absolute atomic E-state index is 0.00924.